The Morgan fingerprint density at radius 2 is 2.12 bits per heavy atom. The average molecular weight is 339 g/mol. The highest BCUT2D eigenvalue weighted by molar-refractivity contribution is 6.32. The fourth-order valence-corrected chi connectivity index (χ4v) is 2.86. The second kappa shape index (κ2) is 7.35. The van der Waals surface area contributed by atoms with Gasteiger partial charge in [0.25, 0.3) is 5.91 Å². The topological polar surface area (TPSA) is 108 Å². The van der Waals surface area contributed by atoms with Gasteiger partial charge in [-0.3, -0.25) is 4.79 Å². The molecule has 8 nitrogen and oxygen atoms in total. The van der Waals surface area contributed by atoms with Crippen molar-refractivity contribution in [2.24, 2.45) is 5.10 Å². The Labute approximate surface area is 145 Å². The van der Waals surface area contributed by atoms with Gasteiger partial charge in [0.1, 0.15) is 5.71 Å². The molecule has 0 saturated heterocycles. The summed E-state index contributed by atoms with van der Waals surface area (Å²) in [7, 11) is 0. The van der Waals surface area contributed by atoms with Gasteiger partial charge in [-0.15, -0.1) is 5.10 Å². The second-order valence-corrected chi connectivity index (χ2v) is 5.80. The van der Waals surface area contributed by atoms with Crippen molar-refractivity contribution >= 4 is 17.7 Å². The van der Waals surface area contributed by atoms with Crippen molar-refractivity contribution < 1.29 is 4.79 Å². The van der Waals surface area contributed by atoms with Crippen LogP contribution in [0, 0.1) is 13.8 Å². The number of carbonyl (C=O) groups excluding carboxylic acids is 1. The quantitative estimate of drug-likeness (QED) is 0.535. The minimum absolute atomic E-state index is 0.275. The van der Waals surface area contributed by atoms with Crippen LogP contribution in [0.5, 0.6) is 0 Å². The lowest BCUT2D eigenvalue weighted by Gasteiger charge is -2.03. The van der Waals surface area contributed by atoms with Crippen molar-refractivity contribution in [1.29, 1.82) is 0 Å². The Bertz CT molecular complexity index is 836. The number of rotatable bonds is 6. The summed E-state index contributed by atoms with van der Waals surface area (Å²) in [5, 5.41) is 15.1. The fraction of sp³-hybridized carbons (Fsp3) is 0.353. The minimum Gasteiger partial charge on any atom is -0.359 e. The van der Waals surface area contributed by atoms with E-state index in [1.165, 1.54) is 18.0 Å². The molecule has 8 heteroatoms. The molecule has 0 aromatic carbocycles. The summed E-state index contributed by atoms with van der Waals surface area (Å²) in [6.45, 7) is 8.06. The zero-order valence-corrected chi connectivity index (χ0v) is 14.6. The molecule has 1 aliphatic rings. The van der Waals surface area contributed by atoms with E-state index in [0.717, 1.165) is 36.5 Å². The minimum atomic E-state index is -0.275. The van der Waals surface area contributed by atoms with Crippen molar-refractivity contribution in [1.82, 2.24) is 30.9 Å². The third-order valence-electron chi connectivity index (χ3n) is 4.19. The molecule has 0 saturated carbocycles. The Balaban J connectivity index is 1.93. The smallest absolute Gasteiger partial charge is 0.273 e. The van der Waals surface area contributed by atoms with Gasteiger partial charge in [-0.25, -0.2) is 10.4 Å². The highest BCUT2D eigenvalue weighted by Gasteiger charge is 2.27. The number of amides is 1. The van der Waals surface area contributed by atoms with Gasteiger partial charge in [0.05, 0.1) is 11.8 Å². The monoisotopic (exact) mass is 339 g/mol. The number of aromatic nitrogens is 4. The van der Waals surface area contributed by atoms with E-state index in [4.69, 9.17) is 0 Å². The lowest BCUT2D eigenvalue weighted by molar-refractivity contribution is -0.116. The molecule has 0 atom stereocenters. The van der Waals surface area contributed by atoms with E-state index >= 15 is 0 Å². The van der Waals surface area contributed by atoms with Crippen LogP contribution in [0.25, 0.3) is 6.08 Å². The molecule has 2 aromatic heterocycles. The fourth-order valence-electron chi connectivity index (χ4n) is 2.86. The predicted molar refractivity (Wildman–Crippen MR) is 95.0 cm³/mol. The Morgan fingerprint density at radius 3 is 2.84 bits per heavy atom. The summed E-state index contributed by atoms with van der Waals surface area (Å²) in [4.78, 5) is 19.7. The first-order valence-electron chi connectivity index (χ1n) is 8.24. The molecule has 0 aliphatic carbocycles. The second-order valence-electron chi connectivity index (χ2n) is 5.80. The van der Waals surface area contributed by atoms with E-state index in [9.17, 15) is 4.79 Å². The number of likely N-dealkylation sites (N-methyl/N-ethyl adjacent to an activating group) is 1. The molecule has 3 heterocycles. The summed E-state index contributed by atoms with van der Waals surface area (Å²) in [6, 6.07) is 0. The van der Waals surface area contributed by atoms with Crippen LogP contribution in [0.1, 0.15) is 35.3 Å². The van der Waals surface area contributed by atoms with Crippen LogP contribution in [0.2, 0.25) is 0 Å². The van der Waals surface area contributed by atoms with E-state index in [1.807, 2.05) is 6.92 Å². The number of H-pyrrole nitrogens is 1. The van der Waals surface area contributed by atoms with Crippen LogP contribution < -0.4 is 10.7 Å². The first-order valence-corrected chi connectivity index (χ1v) is 8.24. The summed E-state index contributed by atoms with van der Waals surface area (Å²) < 4.78 is 0. The standard InChI is InChI=1S/C17H21N7O/c1-4-18-6-5-12-10(2)14(21-11(12)3)9-13-15(22-24-17(13)25)16-19-7-8-20-23-16/h7-9,18,21H,4-6H2,1-3H3,(H,24,25). The first-order chi connectivity index (χ1) is 12.1. The van der Waals surface area contributed by atoms with Gasteiger partial charge in [0.2, 0.25) is 5.82 Å². The molecule has 2 aromatic rings. The summed E-state index contributed by atoms with van der Waals surface area (Å²) in [5.41, 5.74) is 7.70. The van der Waals surface area contributed by atoms with Crippen LogP contribution in [0.4, 0.5) is 0 Å². The maximum atomic E-state index is 12.2. The maximum Gasteiger partial charge on any atom is 0.273 e. The average Bonchev–Trinajstić information content (AvgIpc) is 3.11. The van der Waals surface area contributed by atoms with Gasteiger partial charge in [0.15, 0.2) is 0 Å². The third-order valence-corrected chi connectivity index (χ3v) is 4.19. The Kier molecular flexibility index (Phi) is 4.99. The highest BCUT2D eigenvalue weighted by atomic mass is 16.2. The van der Waals surface area contributed by atoms with Crippen molar-refractivity contribution in [3.8, 4) is 0 Å². The molecule has 0 unspecified atom stereocenters. The van der Waals surface area contributed by atoms with Crippen molar-refractivity contribution in [3.63, 3.8) is 0 Å². The zero-order valence-electron chi connectivity index (χ0n) is 14.6. The molecule has 1 amide bonds. The molecular formula is C17H21N7O. The molecule has 0 bridgehead atoms. The molecule has 130 valence electrons. The Morgan fingerprint density at radius 1 is 1.28 bits per heavy atom. The van der Waals surface area contributed by atoms with E-state index in [0.29, 0.717) is 17.1 Å². The van der Waals surface area contributed by atoms with Gasteiger partial charge < -0.3 is 10.3 Å². The normalized spacial score (nSPS) is 15.6. The summed E-state index contributed by atoms with van der Waals surface area (Å²) in [5.74, 6) is 0.0451. The van der Waals surface area contributed by atoms with Crippen molar-refractivity contribution in [2.45, 2.75) is 27.2 Å². The van der Waals surface area contributed by atoms with Crippen molar-refractivity contribution in [2.75, 3.05) is 13.1 Å². The van der Waals surface area contributed by atoms with E-state index < -0.39 is 0 Å². The number of aromatic amines is 1. The number of nitrogens with zero attached hydrogens (tertiary/aromatic N) is 4. The molecule has 1 aliphatic heterocycles. The van der Waals surface area contributed by atoms with Gasteiger partial charge >= 0.3 is 0 Å². The van der Waals surface area contributed by atoms with Gasteiger partial charge in [-0.05, 0) is 50.6 Å². The molecule has 3 N–H and O–H groups in total. The predicted octanol–water partition coefficient (Wildman–Crippen LogP) is 0.886. The van der Waals surface area contributed by atoms with Gasteiger partial charge in [-0.1, -0.05) is 6.92 Å². The van der Waals surface area contributed by atoms with Crippen molar-refractivity contribution in [3.05, 3.63) is 46.3 Å². The van der Waals surface area contributed by atoms with E-state index in [1.54, 1.807) is 6.08 Å². The molecule has 3 rings (SSSR count). The third kappa shape index (κ3) is 3.48. The molecular weight excluding hydrogens is 318 g/mol. The van der Waals surface area contributed by atoms with Gasteiger partial charge in [-0.2, -0.15) is 10.2 Å². The van der Waals surface area contributed by atoms with E-state index in [2.05, 4.69) is 49.9 Å². The molecule has 0 fully saturated rings. The number of nitrogens with one attached hydrogen (secondary N) is 3. The number of hydrazone groups is 1. The van der Waals surface area contributed by atoms with E-state index in [-0.39, 0.29) is 5.91 Å². The van der Waals surface area contributed by atoms with Crippen LogP contribution in [0.3, 0.4) is 0 Å². The summed E-state index contributed by atoms with van der Waals surface area (Å²) in [6.07, 6.45) is 5.74. The van der Waals surface area contributed by atoms with Crippen LogP contribution in [-0.2, 0) is 11.2 Å². The van der Waals surface area contributed by atoms with Crippen LogP contribution in [0.15, 0.2) is 23.1 Å². The number of hydrogen-bond donors (Lipinski definition) is 3. The SMILES string of the molecule is CCNCCc1c(C)[nH]c(C=C2C(=O)NN=C2c2nccnn2)c1C. The molecule has 0 spiro atoms. The first kappa shape index (κ1) is 17.0. The number of hydrogen-bond acceptors (Lipinski definition) is 6. The molecule has 0 radical (unpaired) electrons. The van der Waals surface area contributed by atoms with Crippen LogP contribution in [-0.4, -0.2) is 44.9 Å². The highest BCUT2D eigenvalue weighted by Crippen LogP contribution is 2.22. The summed E-state index contributed by atoms with van der Waals surface area (Å²) >= 11 is 0. The zero-order chi connectivity index (χ0) is 17.8. The molecule has 25 heavy (non-hydrogen) atoms. The number of carbonyl (C=O) groups is 1. The lowest BCUT2D eigenvalue weighted by atomic mass is 10.0. The Hall–Kier alpha value is -2.87. The maximum absolute atomic E-state index is 12.2. The number of aryl methyl sites for hydroxylation is 1. The lowest BCUT2D eigenvalue weighted by Crippen LogP contribution is -2.16. The van der Waals surface area contributed by atoms with Gasteiger partial charge in [0, 0.05) is 17.6 Å². The van der Waals surface area contributed by atoms with Crippen LogP contribution >= 0.6 is 0 Å². The largest absolute Gasteiger partial charge is 0.359 e.